The molecule has 0 radical (unpaired) electrons. The van der Waals surface area contributed by atoms with Gasteiger partial charge in [0.05, 0.1) is 17.7 Å². The van der Waals surface area contributed by atoms with E-state index in [1.807, 2.05) is 19.9 Å². The Balaban J connectivity index is 1.76. The number of fused-ring (bicyclic) bond motifs is 1. The molecule has 0 spiro atoms. The van der Waals surface area contributed by atoms with Crippen molar-refractivity contribution in [2.75, 3.05) is 0 Å². The van der Waals surface area contributed by atoms with Crippen molar-refractivity contribution in [1.29, 1.82) is 0 Å². The van der Waals surface area contributed by atoms with Crippen molar-refractivity contribution in [2.45, 2.75) is 20.4 Å². The summed E-state index contributed by atoms with van der Waals surface area (Å²) in [5.74, 6) is -0.179. The van der Waals surface area contributed by atoms with E-state index in [-0.39, 0.29) is 34.7 Å². The van der Waals surface area contributed by atoms with Crippen LogP contribution in [0.4, 0.5) is 5.69 Å². The first-order valence-corrected chi connectivity index (χ1v) is 9.45. The first kappa shape index (κ1) is 18.7. The number of benzene rings is 1. The molecule has 0 aliphatic carbocycles. The number of thiophene rings is 1. The highest BCUT2D eigenvalue weighted by Crippen LogP contribution is 2.24. The van der Waals surface area contributed by atoms with Crippen LogP contribution in [-0.4, -0.2) is 30.0 Å². The Morgan fingerprint density at radius 1 is 1.28 bits per heavy atom. The monoisotopic (exact) mass is 409 g/mol. The summed E-state index contributed by atoms with van der Waals surface area (Å²) < 4.78 is 2.48. The summed E-state index contributed by atoms with van der Waals surface area (Å²) in [6, 6.07) is 7.89. The summed E-state index contributed by atoms with van der Waals surface area (Å²) in [4.78, 5) is 42.4. The molecule has 0 fully saturated rings. The Kier molecular flexibility index (Phi) is 4.55. The van der Waals surface area contributed by atoms with Gasteiger partial charge in [0.25, 0.3) is 11.2 Å². The highest BCUT2D eigenvalue weighted by atomic mass is 32.1. The van der Waals surface area contributed by atoms with Crippen LogP contribution < -0.4 is 5.56 Å². The highest BCUT2D eigenvalue weighted by Gasteiger charge is 2.20. The molecule has 9 nitrogen and oxygen atoms in total. The van der Waals surface area contributed by atoms with Gasteiger partial charge in [-0.2, -0.15) is 5.10 Å². The zero-order valence-corrected chi connectivity index (χ0v) is 16.3. The van der Waals surface area contributed by atoms with Crippen LogP contribution >= 0.6 is 11.3 Å². The third-order valence-electron chi connectivity index (χ3n) is 4.52. The topological polar surface area (TPSA) is 113 Å². The second-order valence-corrected chi connectivity index (χ2v) is 7.93. The number of carbonyl (C=O) groups is 1. The summed E-state index contributed by atoms with van der Waals surface area (Å²) in [6.07, 6.45) is 2.58. The number of carbonyl (C=O) groups excluding carboxylic acids is 1. The number of aryl methyl sites for hydroxylation is 2. The second kappa shape index (κ2) is 7.06. The van der Waals surface area contributed by atoms with Gasteiger partial charge >= 0.3 is 0 Å². The lowest BCUT2D eigenvalue weighted by molar-refractivity contribution is -0.384. The molecule has 0 bridgehead atoms. The van der Waals surface area contributed by atoms with Gasteiger partial charge in [0.1, 0.15) is 17.4 Å². The predicted molar refractivity (Wildman–Crippen MR) is 108 cm³/mol. The van der Waals surface area contributed by atoms with Gasteiger partial charge in [0.2, 0.25) is 0 Å². The Morgan fingerprint density at radius 3 is 2.72 bits per heavy atom. The molecule has 0 unspecified atom stereocenters. The Bertz CT molecular complexity index is 1330. The minimum Gasteiger partial charge on any atom is -0.292 e. The molecule has 0 saturated carbocycles. The molecule has 4 aromatic rings. The van der Waals surface area contributed by atoms with Crippen LogP contribution in [0, 0.1) is 24.0 Å². The number of rotatable bonds is 5. The number of hydrogen-bond acceptors (Lipinski definition) is 7. The van der Waals surface area contributed by atoms with Gasteiger partial charge < -0.3 is 0 Å². The number of ketones is 1. The number of para-hydroxylation sites is 2. The lowest BCUT2D eigenvalue weighted by Gasteiger charge is -2.06. The molecule has 0 N–H and O–H groups in total. The van der Waals surface area contributed by atoms with Gasteiger partial charge in [-0.05, 0) is 26.0 Å². The largest absolute Gasteiger partial charge is 0.294 e. The van der Waals surface area contributed by atoms with Gasteiger partial charge in [0, 0.05) is 21.4 Å². The van der Waals surface area contributed by atoms with Gasteiger partial charge in [0.15, 0.2) is 11.4 Å². The van der Waals surface area contributed by atoms with Crippen LogP contribution in [0.2, 0.25) is 0 Å². The third-order valence-corrected chi connectivity index (χ3v) is 5.48. The molecule has 0 aliphatic heterocycles. The lowest BCUT2D eigenvalue weighted by atomic mass is 10.1. The molecule has 29 heavy (non-hydrogen) atoms. The molecule has 0 amide bonds. The first-order chi connectivity index (χ1) is 13.9. The van der Waals surface area contributed by atoms with Crippen molar-refractivity contribution < 1.29 is 9.72 Å². The molecule has 0 aliphatic rings. The summed E-state index contributed by atoms with van der Waals surface area (Å²) in [5, 5.41) is 15.6. The minimum atomic E-state index is -0.520. The Morgan fingerprint density at radius 2 is 2.03 bits per heavy atom. The number of nitro groups is 1. The van der Waals surface area contributed by atoms with E-state index in [1.54, 1.807) is 12.1 Å². The van der Waals surface area contributed by atoms with Crippen molar-refractivity contribution in [3.63, 3.8) is 0 Å². The van der Waals surface area contributed by atoms with Crippen LogP contribution in [0.1, 0.15) is 20.1 Å². The van der Waals surface area contributed by atoms with E-state index in [9.17, 15) is 19.7 Å². The van der Waals surface area contributed by atoms with E-state index >= 15 is 0 Å². The van der Waals surface area contributed by atoms with Crippen LogP contribution in [0.5, 0.6) is 0 Å². The van der Waals surface area contributed by atoms with Crippen molar-refractivity contribution in [1.82, 2.24) is 19.3 Å². The van der Waals surface area contributed by atoms with Crippen LogP contribution in [0.3, 0.4) is 0 Å². The fourth-order valence-electron chi connectivity index (χ4n) is 3.18. The maximum Gasteiger partial charge on any atom is 0.294 e. The zero-order valence-electron chi connectivity index (χ0n) is 15.5. The van der Waals surface area contributed by atoms with Crippen molar-refractivity contribution >= 4 is 33.8 Å². The number of nitrogens with zero attached hydrogens (tertiary/aromatic N) is 5. The zero-order chi connectivity index (χ0) is 20.7. The van der Waals surface area contributed by atoms with Crippen molar-refractivity contribution in [3.05, 3.63) is 78.6 Å². The standard InChI is InChI=1S/C19H15N5O4S/c1-11-7-13(12(2)29-11)17(25)9-22-10-20-18-14(19(22)26)8-21-23(18)15-5-3-4-6-16(15)24(27)28/h3-8,10H,9H2,1-2H3. The number of hydrogen-bond donors (Lipinski definition) is 0. The van der Waals surface area contributed by atoms with E-state index < -0.39 is 10.5 Å². The van der Waals surface area contributed by atoms with Gasteiger partial charge in [-0.1, -0.05) is 12.1 Å². The molecule has 0 saturated heterocycles. The summed E-state index contributed by atoms with van der Waals surface area (Å²) in [5.41, 5.74) is 0.406. The SMILES string of the molecule is Cc1cc(C(=O)Cn2cnc3c(cnn3-c3ccccc3[N+](=O)[O-])c2=O)c(C)s1. The summed E-state index contributed by atoms with van der Waals surface area (Å²) in [7, 11) is 0. The van der Waals surface area contributed by atoms with Gasteiger partial charge in [-0.3, -0.25) is 24.3 Å². The quantitative estimate of drug-likeness (QED) is 0.284. The maximum atomic E-state index is 12.8. The van der Waals surface area contributed by atoms with Crippen molar-refractivity contribution in [2.24, 2.45) is 0 Å². The maximum absolute atomic E-state index is 12.8. The molecule has 3 aromatic heterocycles. The minimum absolute atomic E-state index is 0.143. The summed E-state index contributed by atoms with van der Waals surface area (Å²) >= 11 is 1.53. The molecule has 4 rings (SSSR count). The van der Waals surface area contributed by atoms with Crippen molar-refractivity contribution in [3.8, 4) is 5.69 Å². The molecule has 146 valence electrons. The second-order valence-electron chi connectivity index (χ2n) is 6.47. The normalized spacial score (nSPS) is 11.1. The Labute approximate surface area is 168 Å². The van der Waals surface area contributed by atoms with E-state index in [0.717, 1.165) is 9.75 Å². The average Bonchev–Trinajstić information content (AvgIpc) is 3.27. The highest BCUT2D eigenvalue weighted by molar-refractivity contribution is 7.12. The summed E-state index contributed by atoms with van der Waals surface area (Å²) in [6.45, 7) is 3.65. The van der Waals surface area contributed by atoms with Gasteiger partial charge in [-0.15, -0.1) is 11.3 Å². The third kappa shape index (κ3) is 3.23. The smallest absolute Gasteiger partial charge is 0.292 e. The number of nitro benzene ring substituents is 1. The fraction of sp³-hybridized carbons (Fsp3) is 0.158. The van der Waals surface area contributed by atoms with E-state index in [2.05, 4.69) is 10.1 Å². The van der Waals surface area contributed by atoms with Crippen LogP contribution in [0.15, 0.2) is 47.7 Å². The predicted octanol–water partition coefficient (Wildman–Crippen LogP) is 3.05. The molecule has 1 aromatic carbocycles. The molecule has 3 heterocycles. The number of Topliss-reactive ketones (excluding diaryl/α,β-unsaturated/α-hetero) is 1. The van der Waals surface area contributed by atoms with E-state index in [0.29, 0.717) is 5.56 Å². The molecular formula is C19H15N5O4S. The van der Waals surface area contributed by atoms with Gasteiger partial charge in [-0.25, -0.2) is 9.67 Å². The number of aromatic nitrogens is 4. The van der Waals surface area contributed by atoms with Crippen LogP contribution in [0.25, 0.3) is 16.7 Å². The Hall–Kier alpha value is -3.66. The molecule has 10 heteroatoms. The fourth-order valence-corrected chi connectivity index (χ4v) is 4.13. The average molecular weight is 409 g/mol. The first-order valence-electron chi connectivity index (χ1n) is 8.64. The van der Waals surface area contributed by atoms with Crippen LogP contribution in [-0.2, 0) is 6.54 Å². The van der Waals surface area contributed by atoms with E-state index in [1.165, 1.54) is 45.2 Å². The van der Waals surface area contributed by atoms with E-state index in [4.69, 9.17) is 0 Å². The molecule has 0 atom stereocenters. The lowest BCUT2D eigenvalue weighted by Crippen LogP contribution is -2.24. The molecular weight excluding hydrogens is 394 g/mol.